The molecule has 0 atom stereocenters. The summed E-state index contributed by atoms with van der Waals surface area (Å²) in [5.74, 6) is -0.0467. The summed E-state index contributed by atoms with van der Waals surface area (Å²) < 4.78 is 0. The third-order valence-electron chi connectivity index (χ3n) is 2.07. The molecule has 0 spiro atoms. The van der Waals surface area contributed by atoms with Crippen molar-refractivity contribution in [2.45, 2.75) is 6.92 Å². The Kier molecular flexibility index (Phi) is 2.90. The van der Waals surface area contributed by atoms with Crippen molar-refractivity contribution in [1.82, 2.24) is 5.32 Å². The van der Waals surface area contributed by atoms with E-state index in [9.17, 15) is 4.79 Å². The molecule has 2 N–H and O–H groups in total. The van der Waals surface area contributed by atoms with E-state index in [0.29, 0.717) is 5.56 Å². The molecule has 0 heterocycles. The molecule has 3 nitrogen and oxygen atoms in total. The van der Waals surface area contributed by atoms with Crippen molar-refractivity contribution in [1.29, 1.82) is 0 Å². The van der Waals surface area contributed by atoms with Crippen molar-refractivity contribution in [2.24, 2.45) is 0 Å². The van der Waals surface area contributed by atoms with Crippen LogP contribution >= 0.6 is 0 Å². The molecule has 0 aromatic heterocycles. The van der Waals surface area contributed by atoms with Gasteiger partial charge in [-0.15, -0.1) is 0 Å². The second-order valence-corrected chi connectivity index (χ2v) is 2.81. The molecule has 0 bridgehead atoms. The van der Waals surface area contributed by atoms with Crippen LogP contribution in [0, 0.1) is 6.92 Å². The maximum Gasteiger partial charge on any atom is 0.251 e. The molecule has 0 saturated carbocycles. The van der Waals surface area contributed by atoms with Crippen molar-refractivity contribution >= 4 is 11.6 Å². The van der Waals surface area contributed by atoms with Crippen LogP contribution in [0.25, 0.3) is 0 Å². The summed E-state index contributed by atoms with van der Waals surface area (Å²) in [7, 11) is 3.48. The minimum Gasteiger partial charge on any atom is -0.388 e. The minimum absolute atomic E-state index is 0.0467. The Morgan fingerprint density at radius 2 is 2.00 bits per heavy atom. The fourth-order valence-corrected chi connectivity index (χ4v) is 1.29. The van der Waals surface area contributed by atoms with Gasteiger partial charge in [-0.05, 0) is 24.6 Å². The van der Waals surface area contributed by atoms with Crippen LogP contribution in [0.3, 0.4) is 0 Å². The summed E-state index contributed by atoms with van der Waals surface area (Å²) in [6.07, 6.45) is 0. The van der Waals surface area contributed by atoms with E-state index in [-0.39, 0.29) is 5.91 Å². The second kappa shape index (κ2) is 3.94. The van der Waals surface area contributed by atoms with Crippen molar-refractivity contribution < 1.29 is 4.79 Å². The normalized spacial score (nSPS) is 9.46. The monoisotopic (exact) mass is 178 g/mol. The molecular formula is C10H14N2O. The molecule has 0 unspecified atom stereocenters. The fourth-order valence-electron chi connectivity index (χ4n) is 1.29. The molecule has 0 aliphatic carbocycles. The zero-order valence-electron chi connectivity index (χ0n) is 8.14. The van der Waals surface area contributed by atoms with Gasteiger partial charge in [0.25, 0.3) is 5.91 Å². The molecule has 1 aromatic carbocycles. The highest BCUT2D eigenvalue weighted by Crippen LogP contribution is 2.17. The number of hydrogen-bond donors (Lipinski definition) is 2. The van der Waals surface area contributed by atoms with E-state index in [4.69, 9.17) is 0 Å². The van der Waals surface area contributed by atoms with E-state index in [1.165, 1.54) is 0 Å². The molecule has 0 aliphatic rings. The molecule has 1 amide bonds. The largest absolute Gasteiger partial charge is 0.388 e. The number of carbonyl (C=O) groups is 1. The topological polar surface area (TPSA) is 41.1 Å². The van der Waals surface area contributed by atoms with Gasteiger partial charge in [-0.2, -0.15) is 0 Å². The van der Waals surface area contributed by atoms with Crippen molar-refractivity contribution in [3.8, 4) is 0 Å². The number of benzene rings is 1. The lowest BCUT2D eigenvalue weighted by Gasteiger charge is -2.09. The first-order valence-electron chi connectivity index (χ1n) is 4.20. The predicted molar refractivity (Wildman–Crippen MR) is 54.1 cm³/mol. The van der Waals surface area contributed by atoms with Gasteiger partial charge < -0.3 is 10.6 Å². The number of rotatable bonds is 2. The highest BCUT2D eigenvalue weighted by Gasteiger charge is 2.08. The maximum absolute atomic E-state index is 11.4. The Morgan fingerprint density at radius 1 is 1.31 bits per heavy atom. The Labute approximate surface area is 78.2 Å². The van der Waals surface area contributed by atoms with Crippen LogP contribution in [0.15, 0.2) is 18.2 Å². The van der Waals surface area contributed by atoms with Crippen LogP contribution in [0.5, 0.6) is 0 Å². The third kappa shape index (κ3) is 1.80. The van der Waals surface area contributed by atoms with Gasteiger partial charge in [0, 0.05) is 25.3 Å². The van der Waals surface area contributed by atoms with Crippen molar-refractivity contribution in [2.75, 3.05) is 19.4 Å². The summed E-state index contributed by atoms with van der Waals surface area (Å²) in [5.41, 5.74) is 2.68. The summed E-state index contributed by atoms with van der Waals surface area (Å²) >= 11 is 0. The number of nitrogens with one attached hydrogen (secondary N) is 2. The number of carbonyl (C=O) groups excluding carboxylic acids is 1. The van der Waals surface area contributed by atoms with Crippen LogP contribution in [-0.2, 0) is 0 Å². The van der Waals surface area contributed by atoms with E-state index in [1.807, 2.05) is 32.2 Å². The number of amides is 1. The van der Waals surface area contributed by atoms with Gasteiger partial charge in [-0.1, -0.05) is 6.07 Å². The lowest BCUT2D eigenvalue weighted by Crippen LogP contribution is -2.19. The summed E-state index contributed by atoms with van der Waals surface area (Å²) in [6, 6.07) is 5.63. The molecule has 0 saturated heterocycles. The van der Waals surface area contributed by atoms with E-state index < -0.39 is 0 Å². The minimum atomic E-state index is -0.0467. The molecular weight excluding hydrogens is 164 g/mol. The van der Waals surface area contributed by atoms with Gasteiger partial charge in [0.15, 0.2) is 0 Å². The Bertz CT molecular complexity index is 321. The van der Waals surface area contributed by atoms with Crippen LogP contribution in [0.2, 0.25) is 0 Å². The lowest BCUT2D eigenvalue weighted by molar-refractivity contribution is 0.0962. The highest BCUT2D eigenvalue weighted by molar-refractivity contribution is 5.96. The second-order valence-electron chi connectivity index (χ2n) is 2.81. The van der Waals surface area contributed by atoms with Crippen molar-refractivity contribution in [3.63, 3.8) is 0 Å². The summed E-state index contributed by atoms with van der Waals surface area (Å²) in [5, 5.41) is 5.64. The molecule has 0 radical (unpaired) electrons. The van der Waals surface area contributed by atoms with Crippen LogP contribution in [0.1, 0.15) is 15.9 Å². The lowest BCUT2D eigenvalue weighted by atomic mass is 10.1. The third-order valence-corrected chi connectivity index (χ3v) is 2.07. The quantitative estimate of drug-likeness (QED) is 0.718. The number of anilines is 1. The standard InChI is InChI=1S/C10H14N2O/c1-7-8(10(13)12-3)5-4-6-9(7)11-2/h4-6,11H,1-3H3,(H,12,13). The van der Waals surface area contributed by atoms with Gasteiger partial charge in [0.2, 0.25) is 0 Å². The fraction of sp³-hybridized carbons (Fsp3) is 0.300. The zero-order chi connectivity index (χ0) is 9.84. The van der Waals surface area contributed by atoms with Gasteiger partial charge in [0.05, 0.1) is 0 Å². The smallest absolute Gasteiger partial charge is 0.251 e. The van der Waals surface area contributed by atoms with Crippen LogP contribution < -0.4 is 10.6 Å². The first-order chi connectivity index (χ1) is 6.20. The Balaban J connectivity index is 3.15. The van der Waals surface area contributed by atoms with Crippen molar-refractivity contribution in [3.05, 3.63) is 29.3 Å². The zero-order valence-corrected chi connectivity index (χ0v) is 8.14. The van der Waals surface area contributed by atoms with E-state index in [1.54, 1.807) is 7.05 Å². The molecule has 0 aliphatic heterocycles. The van der Waals surface area contributed by atoms with E-state index in [0.717, 1.165) is 11.3 Å². The van der Waals surface area contributed by atoms with Gasteiger partial charge >= 0.3 is 0 Å². The van der Waals surface area contributed by atoms with Gasteiger partial charge in [-0.3, -0.25) is 4.79 Å². The Hall–Kier alpha value is -1.51. The van der Waals surface area contributed by atoms with Gasteiger partial charge in [0.1, 0.15) is 0 Å². The van der Waals surface area contributed by atoms with Gasteiger partial charge in [-0.25, -0.2) is 0 Å². The average molecular weight is 178 g/mol. The van der Waals surface area contributed by atoms with Crippen LogP contribution in [-0.4, -0.2) is 20.0 Å². The summed E-state index contributed by atoms with van der Waals surface area (Å²) in [4.78, 5) is 11.4. The van der Waals surface area contributed by atoms with Crippen LogP contribution in [0.4, 0.5) is 5.69 Å². The average Bonchev–Trinajstić information content (AvgIpc) is 2.17. The predicted octanol–water partition coefficient (Wildman–Crippen LogP) is 1.40. The molecule has 3 heteroatoms. The van der Waals surface area contributed by atoms with E-state index in [2.05, 4.69) is 10.6 Å². The summed E-state index contributed by atoms with van der Waals surface area (Å²) in [6.45, 7) is 1.93. The molecule has 70 valence electrons. The van der Waals surface area contributed by atoms with E-state index >= 15 is 0 Å². The molecule has 1 rings (SSSR count). The molecule has 13 heavy (non-hydrogen) atoms. The first-order valence-corrected chi connectivity index (χ1v) is 4.20. The molecule has 0 fully saturated rings. The molecule has 1 aromatic rings. The maximum atomic E-state index is 11.4. The first kappa shape index (κ1) is 9.58. The SMILES string of the molecule is CNC(=O)c1cccc(NC)c1C. The Morgan fingerprint density at radius 3 is 2.54 bits per heavy atom. The highest BCUT2D eigenvalue weighted by atomic mass is 16.1. The number of hydrogen-bond acceptors (Lipinski definition) is 2.